The monoisotopic (exact) mass is 657 g/mol. The molecule has 0 heterocycles. The predicted octanol–water partition coefficient (Wildman–Crippen LogP) is 1.67. The van der Waals surface area contributed by atoms with Crippen molar-refractivity contribution >= 4 is 47.5 Å². The fourth-order valence-corrected chi connectivity index (χ4v) is 4.88. The number of hydrogen-bond acceptors (Lipinski definition) is 8. The highest BCUT2D eigenvalue weighted by Gasteiger charge is 2.29. The molecule has 46 heavy (non-hydrogen) atoms. The molecule has 0 aliphatic carbocycles. The first kappa shape index (κ1) is 37.6. The lowest BCUT2D eigenvalue weighted by atomic mass is 10.0. The molecule has 2 aromatic carbocycles. The molecule has 0 saturated heterocycles. The second-order valence-electron chi connectivity index (χ2n) is 11.6. The van der Waals surface area contributed by atoms with Crippen molar-refractivity contribution in [2.75, 3.05) is 18.8 Å². The Morgan fingerprint density at radius 1 is 0.783 bits per heavy atom. The number of amides is 5. The Hall–Kier alpha value is -4.59. The number of ether oxygens (including phenoxy) is 1. The smallest absolute Gasteiger partial charge is 0.408 e. The van der Waals surface area contributed by atoms with Gasteiger partial charge < -0.3 is 36.4 Å². The van der Waals surface area contributed by atoms with Crippen LogP contribution in [-0.4, -0.2) is 83.4 Å². The number of benzene rings is 2. The van der Waals surface area contributed by atoms with Gasteiger partial charge in [0.15, 0.2) is 0 Å². The van der Waals surface area contributed by atoms with Crippen LogP contribution in [0, 0.1) is 6.92 Å². The van der Waals surface area contributed by atoms with E-state index in [1.165, 1.54) is 18.7 Å². The minimum absolute atomic E-state index is 0.0724. The molecule has 250 valence electrons. The van der Waals surface area contributed by atoms with Crippen LogP contribution in [-0.2, 0) is 40.9 Å². The van der Waals surface area contributed by atoms with E-state index in [0.717, 1.165) is 16.7 Å². The van der Waals surface area contributed by atoms with Crippen molar-refractivity contribution < 1.29 is 38.6 Å². The van der Waals surface area contributed by atoms with E-state index in [1.807, 2.05) is 31.2 Å². The number of carboxylic acid groups (broad SMARTS) is 1. The van der Waals surface area contributed by atoms with Crippen molar-refractivity contribution in [3.05, 3.63) is 71.3 Å². The molecule has 0 saturated carbocycles. The van der Waals surface area contributed by atoms with Crippen LogP contribution in [0.25, 0.3) is 0 Å². The molecule has 0 unspecified atom stereocenters. The maximum atomic E-state index is 13.6. The van der Waals surface area contributed by atoms with Gasteiger partial charge in [0.25, 0.3) is 0 Å². The molecule has 3 atom stereocenters. The lowest BCUT2D eigenvalue weighted by molar-refractivity contribution is -0.138. The molecule has 0 spiro atoms. The summed E-state index contributed by atoms with van der Waals surface area (Å²) in [5, 5.41) is 21.2. The zero-order valence-electron chi connectivity index (χ0n) is 26.7. The average molecular weight is 658 g/mol. The first-order valence-electron chi connectivity index (χ1n) is 14.7. The van der Waals surface area contributed by atoms with Gasteiger partial charge in [0, 0.05) is 17.9 Å². The average Bonchev–Trinajstić information content (AvgIpc) is 2.98. The number of carboxylic acids is 1. The van der Waals surface area contributed by atoms with Gasteiger partial charge in [0.2, 0.25) is 23.6 Å². The number of thioether (sulfide) groups is 1. The summed E-state index contributed by atoms with van der Waals surface area (Å²) in [5.41, 5.74) is 2.07. The third-order valence-corrected chi connectivity index (χ3v) is 7.32. The molecule has 2 rings (SSSR count). The van der Waals surface area contributed by atoms with Crippen LogP contribution in [0.1, 0.15) is 44.4 Å². The number of aliphatic carboxylic acids is 1. The number of carbonyl (C=O) groups is 6. The molecule has 0 aliphatic rings. The van der Waals surface area contributed by atoms with Gasteiger partial charge in [-0.05, 0) is 45.7 Å². The summed E-state index contributed by atoms with van der Waals surface area (Å²) < 4.78 is 5.22. The molecule has 0 radical (unpaired) electrons. The number of carbonyl (C=O) groups excluding carboxylic acids is 5. The molecule has 0 aliphatic heterocycles. The molecule has 6 N–H and O–H groups in total. The Morgan fingerprint density at radius 3 is 2.02 bits per heavy atom. The highest BCUT2D eigenvalue weighted by atomic mass is 32.2. The number of alkyl carbamates (subject to hydrolysis) is 1. The Morgan fingerprint density at radius 2 is 1.41 bits per heavy atom. The van der Waals surface area contributed by atoms with Gasteiger partial charge in [-0.3, -0.25) is 24.0 Å². The van der Waals surface area contributed by atoms with E-state index in [4.69, 9.17) is 9.84 Å². The third kappa shape index (κ3) is 14.9. The Balaban J connectivity index is 2.19. The Bertz CT molecular complexity index is 1350. The van der Waals surface area contributed by atoms with E-state index >= 15 is 0 Å². The van der Waals surface area contributed by atoms with Gasteiger partial charge in [-0.1, -0.05) is 60.2 Å². The zero-order chi connectivity index (χ0) is 34.3. The minimum Gasteiger partial charge on any atom is -0.480 e. The van der Waals surface area contributed by atoms with Crippen LogP contribution in [0.5, 0.6) is 0 Å². The fourth-order valence-electron chi connectivity index (χ4n) is 3.87. The molecule has 0 aromatic heterocycles. The summed E-state index contributed by atoms with van der Waals surface area (Å²) in [6, 6.07) is 13.5. The normalized spacial score (nSPS) is 12.9. The van der Waals surface area contributed by atoms with Crippen LogP contribution in [0.15, 0.2) is 54.6 Å². The molecular formula is C32H43N5O8S. The number of hydrogen-bond donors (Lipinski definition) is 6. The maximum absolute atomic E-state index is 13.6. The first-order chi connectivity index (χ1) is 21.6. The van der Waals surface area contributed by atoms with Gasteiger partial charge in [-0.15, -0.1) is 0 Å². The summed E-state index contributed by atoms with van der Waals surface area (Å²) >= 11 is 1.40. The van der Waals surface area contributed by atoms with E-state index in [2.05, 4.69) is 26.6 Å². The van der Waals surface area contributed by atoms with Gasteiger partial charge >= 0.3 is 12.1 Å². The van der Waals surface area contributed by atoms with Crippen LogP contribution in [0.2, 0.25) is 0 Å². The van der Waals surface area contributed by atoms with Crippen LogP contribution in [0.4, 0.5) is 4.79 Å². The highest BCUT2D eigenvalue weighted by Crippen LogP contribution is 2.15. The predicted molar refractivity (Wildman–Crippen MR) is 174 cm³/mol. The standard InChI is InChI=1S/C32H43N5O8S/c1-20-11-13-23(14-12-20)18-46-19-25(37-28(41)21(2)35-31(44)45-32(3,4)5)30(43)36-24(15-22-9-7-6-8-10-22)29(42)34-16-26(38)33-17-27(39)40/h6-14,21,24-25H,15-19H2,1-5H3,(H,33,38)(H,34,42)(H,35,44)(H,36,43)(H,37,41)(H,39,40)/t21-,24+,25+/m1/s1. The quantitative estimate of drug-likeness (QED) is 0.156. The Kier molecular flexibility index (Phi) is 15.0. The van der Waals surface area contributed by atoms with Crippen LogP contribution >= 0.6 is 11.8 Å². The van der Waals surface area contributed by atoms with Crippen LogP contribution < -0.4 is 26.6 Å². The van der Waals surface area contributed by atoms with E-state index in [1.54, 1.807) is 51.1 Å². The summed E-state index contributed by atoms with van der Waals surface area (Å²) in [6.45, 7) is 7.38. The van der Waals surface area contributed by atoms with Gasteiger partial charge in [-0.25, -0.2) is 4.79 Å². The highest BCUT2D eigenvalue weighted by molar-refractivity contribution is 7.98. The van der Waals surface area contributed by atoms with Crippen LogP contribution in [0.3, 0.4) is 0 Å². The molecule has 2 aromatic rings. The third-order valence-electron chi connectivity index (χ3n) is 6.21. The van der Waals surface area contributed by atoms with Crippen molar-refractivity contribution in [3.63, 3.8) is 0 Å². The van der Waals surface area contributed by atoms with Crippen molar-refractivity contribution in [1.82, 2.24) is 26.6 Å². The molecule has 13 nitrogen and oxygen atoms in total. The SMILES string of the molecule is Cc1ccc(CSC[C@H](NC(=O)[C@@H](C)NC(=O)OC(C)(C)C)C(=O)N[C@@H](Cc2ccccc2)C(=O)NCC(=O)NCC(=O)O)cc1. The summed E-state index contributed by atoms with van der Waals surface area (Å²) in [5.74, 6) is -3.24. The molecular weight excluding hydrogens is 614 g/mol. The van der Waals surface area contributed by atoms with Crippen molar-refractivity contribution in [3.8, 4) is 0 Å². The van der Waals surface area contributed by atoms with Crippen molar-refractivity contribution in [2.45, 2.75) is 70.5 Å². The van der Waals surface area contributed by atoms with Crippen molar-refractivity contribution in [2.24, 2.45) is 0 Å². The van der Waals surface area contributed by atoms with Gasteiger partial charge in [0.05, 0.1) is 6.54 Å². The summed E-state index contributed by atoms with van der Waals surface area (Å²) in [6.07, 6.45) is -0.722. The lowest BCUT2D eigenvalue weighted by Crippen LogP contribution is -2.58. The summed E-state index contributed by atoms with van der Waals surface area (Å²) in [7, 11) is 0. The zero-order valence-corrected chi connectivity index (χ0v) is 27.5. The van der Waals surface area contributed by atoms with E-state index in [-0.39, 0.29) is 12.2 Å². The molecule has 0 fully saturated rings. The molecule has 14 heteroatoms. The molecule has 0 bridgehead atoms. The number of rotatable bonds is 16. The van der Waals surface area contributed by atoms with Gasteiger partial charge in [0.1, 0.15) is 30.3 Å². The van der Waals surface area contributed by atoms with Gasteiger partial charge in [-0.2, -0.15) is 11.8 Å². The largest absolute Gasteiger partial charge is 0.480 e. The Labute approximate surface area is 273 Å². The minimum atomic E-state index is -1.24. The lowest BCUT2D eigenvalue weighted by Gasteiger charge is -2.25. The topological polar surface area (TPSA) is 192 Å². The molecule has 5 amide bonds. The van der Waals surface area contributed by atoms with Crippen molar-refractivity contribution in [1.29, 1.82) is 0 Å². The van der Waals surface area contributed by atoms with E-state index in [0.29, 0.717) is 5.75 Å². The second kappa shape index (κ2) is 18.4. The van der Waals surface area contributed by atoms with E-state index < -0.39 is 72.5 Å². The number of aryl methyl sites for hydroxylation is 1. The second-order valence-corrected chi connectivity index (χ2v) is 12.6. The fraction of sp³-hybridized carbons (Fsp3) is 0.438. The first-order valence-corrected chi connectivity index (χ1v) is 15.8. The maximum Gasteiger partial charge on any atom is 0.408 e. The van der Waals surface area contributed by atoms with E-state index in [9.17, 15) is 28.8 Å². The number of nitrogens with one attached hydrogen (secondary N) is 5. The summed E-state index contributed by atoms with van der Waals surface area (Å²) in [4.78, 5) is 74.8.